The molecule has 1 aromatic carbocycles. The highest BCUT2D eigenvalue weighted by atomic mass is 16.7. The van der Waals surface area contributed by atoms with Crippen molar-refractivity contribution in [1.82, 2.24) is 5.06 Å². The Labute approximate surface area is 121 Å². The fourth-order valence-electron chi connectivity index (χ4n) is 2.00. The Hall–Kier alpha value is -2.25. The molecule has 0 saturated carbocycles. The summed E-state index contributed by atoms with van der Waals surface area (Å²) in [4.78, 5) is 40.5. The average molecular weight is 293 g/mol. The maximum absolute atomic E-state index is 12.0. The molecule has 2 amide bonds. The Balaban J connectivity index is 1.95. The molecule has 0 aliphatic carbocycles. The number of amides is 2. The molecule has 7 heteroatoms. The van der Waals surface area contributed by atoms with E-state index in [1.54, 1.807) is 24.3 Å². The van der Waals surface area contributed by atoms with E-state index in [2.05, 4.69) is 4.74 Å². The lowest BCUT2D eigenvalue weighted by Gasteiger charge is -2.16. The highest BCUT2D eigenvalue weighted by Crippen LogP contribution is 2.22. The third-order valence-electron chi connectivity index (χ3n) is 3.11. The summed E-state index contributed by atoms with van der Waals surface area (Å²) < 4.78 is 9.49. The van der Waals surface area contributed by atoms with Crippen molar-refractivity contribution >= 4 is 17.8 Å². The summed E-state index contributed by atoms with van der Waals surface area (Å²) in [5.41, 5.74) is 0.609. The van der Waals surface area contributed by atoms with Gasteiger partial charge in [0.15, 0.2) is 6.10 Å². The van der Waals surface area contributed by atoms with E-state index in [0.29, 0.717) is 16.2 Å². The molecule has 2 rings (SSSR count). The van der Waals surface area contributed by atoms with Crippen molar-refractivity contribution in [3.63, 3.8) is 0 Å². The molecule has 1 atom stereocenters. The number of hydrogen-bond acceptors (Lipinski definition) is 6. The van der Waals surface area contributed by atoms with E-state index in [1.807, 2.05) is 0 Å². The molecule has 0 aromatic heterocycles. The molecule has 0 saturated heterocycles. The van der Waals surface area contributed by atoms with Gasteiger partial charge in [0.1, 0.15) is 0 Å². The number of carbonyl (C=O) groups excluding carboxylic acids is 3. The van der Waals surface area contributed by atoms with Gasteiger partial charge in [-0.3, -0.25) is 14.4 Å². The Morgan fingerprint density at radius 3 is 2.19 bits per heavy atom. The van der Waals surface area contributed by atoms with Crippen molar-refractivity contribution in [2.45, 2.75) is 12.5 Å². The van der Waals surface area contributed by atoms with Crippen LogP contribution >= 0.6 is 0 Å². The van der Waals surface area contributed by atoms with Crippen LogP contribution in [0.5, 0.6) is 0 Å². The van der Waals surface area contributed by atoms with Gasteiger partial charge in [0.2, 0.25) is 0 Å². The van der Waals surface area contributed by atoms with Gasteiger partial charge in [0.25, 0.3) is 11.8 Å². The molecule has 1 aliphatic rings. The summed E-state index contributed by atoms with van der Waals surface area (Å²) in [6, 6.07) is 6.47. The highest BCUT2D eigenvalue weighted by molar-refractivity contribution is 6.20. The van der Waals surface area contributed by atoms with Gasteiger partial charge in [-0.15, -0.1) is 5.06 Å². The Morgan fingerprint density at radius 1 is 1.14 bits per heavy atom. The minimum Gasteiger partial charge on any atom is -0.467 e. The molecule has 1 aromatic rings. The molecule has 1 unspecified atom stereocenters. The van der Waals surface area contributed by atoms with Crippen LogP contribution in [0.3, 0.4) is 0 Å². The van der Waals surface area contributed by atoms with Gasteiger partial charge >= 0.3 is 5.97 Å². The molecule has 0 N–H and O–H groups in total. The predicted molar refractivity (Wildman–Crippen MR) is 70.3 cm³/mol. The molecule has 21 heavy (non-hydrogen) atoms. The Bertz CT molecular complexity index is 535. The van der Waals surface area contributed by atoms with E-state index in [9.17, 15) is 14.4 Å². The zero-order chi connectivity index (χ0) is 15.4. The lowest BCUT2D eigenvalue weighted by molar-refractivity contribution is -0.155. The van der Waals surface area contributed by atoms with E-state index >= 15 is 0 Å². The molecule has 1 aliphatic heterocycles. The highest BCUT2D eigenvalue weighted by Gasteiger charge is 2.36. The second-order valence-electron chi connectivity index (χ2n) is 4.32. The SMILES string of the molecule is COC(=O)C(CCON1C(=O)c2ccccc2C1=O)OC. The van der Waals surface area contributed by atoms with Crippen molar-refractivity contribution in [2.24, 2.45) is 0 Å². The number of ether oxygens (including phenoxy) is 2. The van der Waals surface area contributed by atoms with Crippen LogP contribution in [0.1, 0.15) is 27.1 Å². The van der Waals surface area contributed by atoms with Crippen molar-refractivity contribution < 1.29 is 28.7 Å². The smallest absolute Gasteiger partial charge is 0.335 e. The number of rotatable bonds is 6. The van der Waals surface area contributed by atoms with Crippen LogP contribution in [-0.2, 0) is 19.1 Å². The fourth-order valence-corrected chi connectivity index (χ4v) is 2.00. The van der Waals surface area contributed by atoms with E-state index in [0.717, 1.165) is 0 Å². The van der Waals surface area contributed by atoms with Crippen LogP contribution in [0.25, 0.3) is 0 Å². The summed E-state index contributed by atoms with van der Waals surface area (Å²) in [7, 11) is 2.61. The first-order valence-electron chi connectivity index (χ1n) is 6.31. The average Bonchev–Trinajstić information content (AvgIpc) is 2.76. The van der Waals surface area contributed by atoms with Gasteiger partial charge in [-0.2, -0.15) is 0 Å². The van der Waals surface area contributed by atoms with Gasteiger partial charge in [0, 0.05) is 13.5 Å². The van der Waals surface area contributed by atoms with Gasteiger partial charge in [0.05, 0.1) is 24.8 Å². The minimum absolute atomic E-state index is 0.0287. The number of nitrogens with zero attached hydrogens (tertiary/aromatic N) is 1. The number of esters is 1. The van der Waals surface area contributed by atoms with Crippen molar-refractivity contribution in [3.05, 3.63) is 35.4 Å². The first-order valence-corrected chi connectivity index (χ1v) is 6.31. The third-order valence-corrected chi connectivity index (χ3v) is 3.11. The van der Waals surface area contributed by atoms with Crippen LogP contribution < -0.4 is 0 Å². The molecule has 0 spiro atoms. The monoisotopic (exact) mass is 293 g/mol. The van der Waals surface area contributed by atoms with Crippen molar-refractivity contribution in [2.75, 3.05) is 20.8 Å². The molecule has 0 bridgehead atoms. The van der Waals surface area contributed by atoms with Gasteiger partial charge in [-0.1, -0.05) is 12.1 Å². The van der Waals surface area contributed by atoms with Crippen molar-refractivity contribution in [3.8, 4) is 0 Å². The number of carbonyl (C=O) groups is 3. The normalized spacial score (nSPS) is 15.0. The number of hydrogen-bond donors (Lipinski definition) is 0. The number of methoxy groups -OCH3 is 2. The van der Waals surface area contributed by atoms with Crippen LogP contribution in [0.2, 0.25) is 0 Å². The second kappa shape index (κ2) is 6.47. The summed E-state index contributed by atoms with van der Waals surface area (Å²) in [5.74, 6) is -1.56. The summed E-state index contributed by atoms with van der Waals surface area (Å²) in [6.45, 7) is -0.0287. The topological polar surface area (TPSA) is 82.1 Å². The number of benzene rings is 1. The number of hydroxylamine groups is 2. The Morgan fingerprint density at radius 2 is 1.71 bits per heavy atom. The standard InChI is InChI=1S/C14H15NO6/c1-19-11(14(18)20-2)7-8-21-15-12(16)9-5-3-4-6-10(9)13(15)17/h3-6,11H,7-8H2,1-2H3. The number of fused-ring (bicyclic) bond motifs is 1. The summed E-state index contributed by atoms with van der Waals surface area (Å²) in [6.07, 6.45) is -0.637. The van der Waals surface area contributed by atoms with E-state index in [-0.39, 0.29) is 13.0 Å². The van der Waals surface area contributed by atoms with E-state index in [1.165, 1.54) is 14.2 Å². The first kappa shape index (κ1) is 15.1. The summed E-state index contributed by atoms with van der Waals surface area (Å²) in [5, 5.41) is 0.703. The maximum Gasteiger partial charge on any atom is 0.335 e. The molecule has 0 radical (unpaired) electrons. The van der Waals surface area contributed by atoms with Crippen LogP contribution in [-0.4, -0.2) is 49.8 Å². The van der Waals surface area contributed by atoms with E-state index in [4.69, 9.17) is 9.57 Å². The lowest BCUT2D eigenvalue weighted by Crippen LogP contribution is -2.33. The van der Waals surface area contributed by atoms with Gasteiger partial charge in [-0.05, 0) is 12.1 Å². The molecule has 1 heterocycles. The molecular formula is C14H15NO6. The van der Waals surface area contributed by atoms with Gasteiger partial charge < -0.3 is 9.47 Å². The van der Waals surface area contributed by atoms with Crippen LogP contribution in [0, 0.1) is 0 Å². The van der Waals surface area contributed by atoms with Crippen LogP contribution in [0.15, 0.2) is 24.3 Å². The maximum atomic E-state index is 12.0. The number of imide groups is 1. The first-order chi connectivity index (χ1) is 10.1. The molecule has 7 nitrogen and oxygen atoms in total. The zero-order valence-corrected chi connectivity index (χ0v) is 11.7. The van der Waals surface area contributed by atoms with Crippen molar-refractivity contribution in [1.29, 1.82) is 0 Å². The quantitative estimate of drug-likeness (QED) is 0.570. The molecule has 112 valence electrons. The van der Waals surface area contributed by atoms with Crippen LogP contribution in [0.4, 0.5) is 0 Å². The molecular weight excluding hydrogens is 278 g/mol. The largest absolute Gasteiger partial charge is 0.467 e. The Kier molecular flexibility index (Phi) is 4.66. The molecule has 0 fully saturated rings. The second-order valence-corrected chi connectivity index (χ2v) is 4.32. The van der Waals surface area contributed by atoms with Gasteiger partial charge in [-0.25, -0.2) is 4.79 Å². The predicted octanol–water partition coefficient (Wildman–Crippen LogP) is 0.792. The fraction of sp³-hybridized carbons (Fsp3) is 0.357. The lowest BCUT2D eigenvalue weighted by atomic mass is 10.1. The van der Waals surface area contributed by atoms with E-state index < -0.39 is 23.9 Å². The minimum atomic E-state index is -0.801. The summed E-state index contributed by atoms with van der Waals surface area (Å²) >= 11 is 0. The zero-order valence-electron chi connectivity index (χ0n) is 11.7. The third kappa shape index (κ3) is 2.93.